The molecule has 1 aromatic heterocycles. The number of esters is 1. The van der Waals surface area contributed by atoms with Gasteiger partial charge in [0.05, 0.1) is 23.7 Å². The second-order valence-corrected chi connectivity index (χ2v) is 13.4. The minimum atomic E-state index is -0.387. The van der Waals surface area contributed by atoms with Crippen LogP contribution in [0.3, 0.4) is 0 Å². The highest BCUT2D eigenvalue weighted by molar-refractivity contribution is 5.91. The van der Waals surface area contributed by atoms with Crippen molar-refractivity contribution in [1.82, 2.24) is 9.88 Å². The van der Waals surface area contributed by atoms with E-state index in [1.807, 2.05) is 66.9 Å². The quantitative estimate of drug-likeness (QED) is 0.0700. The Kier molecular flexibility index (Phi) is 11.4. The highest BCUT2D eigenvalue weighted by atomic mass is 16.5. The van der Waals surface area contributed by atoms with Gasteiger partial charge in [-0.2, -0.15) is 0 Å². The molecule has 47 heavy (non-hydrogen) atoms. The number of hydrogen-bond acceptors (Lipinski definition) is 5. The number of benzene rings is 3. The Hall–Kier alpha value is -3.96. The van der Waals surface area contributed by atoms with E-state index in [1.165, 1.54) is 51.4 Å². The van der Waals surface area contributed by atoms with Crippen molar-refractivity contribution >= 4 is 16.9 Å². The maximum Gasteiger partial charge on any atom is 0.338 e. The molecule has 2 bridgehead atoms. The molecule has 0 saturated carbocycles. The smallest absolute Gasteiger partial charge is 0.338 e. The van der Waals surface area contributed by atoms with Gasteiger partial charge in [-0.25, -0.2) is 4.79 Å². The molecule has 3 aliphatic rings. The summed E-state index contributed by atoms with van der Waals surface area (Å²) in [5.41, 5.74) is 4.65. The molecule has 0 spiro atoms. The fourth-order valence-electron chi connectivity index (χ4n) is 7.56. The van der Waals surface area contributed by atoms with Crippen LogP contribution < -0.4 is 4.74 Å². The van der Waals surface area contributed by atoms with Gasteiger partial charge in [-0.15, -0.1) is 6.58 Å². The van der Waals surface area contributed by atoms with Crippen LogP contribution in [0, 0.1) is 11.8 Å². The van der Waals surface area contributed by atoms with E-state index in [0.717, 1.165) is 65.9 Å². The van der Waals surface area contributed by atoms with Crippen LogP contribution in [0.25, 0.3) is 22.0 Å². The number of aromatic nitrogens is 1. The molecule has 4 heterocycles. The van der Waals surface area contributed by atoms with Gasteiger partial charge in [-0.1, -0.05) is 100 Å². The standard InChI is InChI=1S/C42H50N2O3/c1-3-5-6-7-8-9-10-13-28-46-36-22-20-33(21-23-36)32-16-18-34(19-17-32)42(45)47-41(38-24-26-43-39-15-12-11-14-37(38)39)40-29-35-25-27-44(40)30-31(35)4-2/h4,11-12,14-24,26,31,35,40-41H,2-3,5-10,13,25,27-30H2,1H3/t31-,35?,40?,41-/m1/s1. The van der Waals surface area contributed by atoms with E-state index in [2.05, 4.69) is 47.7 Å². The summed E-state index contributed by atoms with van der Waals surface area (Å²) in [6.07, 6.45) is 16.1. The average molecular weight is 631 g/mol. The van der Waals surface area contributed by atoms with Gasteiger partial charge in [0.15, 0.2) is 0 Å². The van der Waals surface area contributed by atoms with Crippen molar-refractivity contribution in [3.63, 3.8) is 0 Å². The lowest BCUT2D eigenvalue weighted by atomic mass is 9.73. The van der Waals surface area contributed by atoms with Gasteiger partial charge < -0.3 is 9.47 Å². The van der Waals surface area contributed by atoms with Crippen LogP contribution >= 0.6 is 0 Å². The van der Waals surface area contributed by atoms with E-state index >= 15 is 0 Å². The molecule has 3 unspecified atom stereocenters. The van der Waals surface area contributed by atoms with Crippen molar-refractivity contribution in [1.29, 1.82) is 0 Å². The Labute approximate surface area is 281 Å². The molecule has 0 aliphatic carbocycles. The molecule has 246 valence electrons. The van der Waals surface area contributed by atoms with Gasteiger partial charge in [0.2, 0.25) is 0 Å². The van der Waals surface area contributed by atoms with Crippen molar-refractivity contribution in [2.75, 3.05) is 19.7 Å². The van der Waals surface area contributed by atoms with Crippen LogP contribution in [0.2, 0.25) is 0 Å². The molecular formula is C42H50N2O3. The number of carbonyl (C=O) groups is 1. The van der Waals surface area contributed by atoms with Crippen molar-refractivity contribution in [3.8, 4) is 16.9 Å². The lowest BCUT2D eigenvalue weighted by molar-refractivity contribution is -0.0568. The lowest BCUT2D eigenvalue weighted by Gasteiger charge is -2.51. The van der Waals surface area contributed by atoms with Gasteiger partial charge in [0.1, 0.15) is 11.9 Å². The number of carbonyl (C=O) groups excluding carboxylic acids is 1. The molecule has 7 rings (SSSR count). The monoisotopic (exact) mass is 630 g/mol. The van der Waals surface area contributed by atoms with Crippen LogP contribution in [-0.2, 0) is 4.74 Å². The third-order valence-corrected chi connectivity index (χ3v) is 10.3. The third-order valence-electron chi connectivity index (χ3n) is 10.3. The first-order chi connectivity index (χ1) is 23.1. The Morgan fingerprint density at radius 1 is 0.915 bits per heavy atom. The van der Waals surface area contributed by atoms with E-state index in [1.54, 1.807) is 0 Å². The number of fused-ring (bicyclic) bond motifs is 4. The fraction of sp³-hybridized carbons (Fsp3) is 0.429. The molecule has 3 fully saturated rings. The van der Waals surface area contributed by atoms with E-state index in [-0.39, 0.29) is 18.1 Å². The molecule has 0 amide bonds. The lowest BCUT2D eigenvalue weighted by Crippen LogP contribution is -2.55. The zero-order chi connectivity index (χ0) is 32.4. The summed E-state index contributed by atoms with van der Waals surface area (Å²) in [7, 11) is 0. The highest BCUT2D eigenvalue weighted by Gasteiger charge is 2.44. The first-order valence-corrected chi connectivity index (χ1v) is 17.9. The third kappa shape index (κ3) is 8.13. The normalized spacial score (nSPS) is 21.0. The number of para-hydroxylation sites is 1. The molecule has 5 atom stereocenters. The second-order valence-electron chi connectivity index (χ2n) is 13.4. The number of pyridine rings is 1. The number of piperidine rings is 3. The summed E-state index contributed by atoms with van der Waals surface area (Å²) in [5.74, 6) is 1.67. The summed E-state index contributed by atoms with van der Waals surface area (Å²) in [4.78, 5) is 20.9. The van der Waals surface area contributed by atoms with Crippen LogP contribution in [0.1, 0.15) is 93.2 Å². The predicted molar refractivity (Wildman–Crippen MR) is 192 cm³/mol. The zero-order valence-corrected chi connectivity index (χ0v) is 28.0. The molecule has 3 saturated heterocycles. The van der Waals surface area contributed by atoms with Gasteiger partial charge in [-0.3, -0.25) is 9.88 Å². The van der Waals surface area contributed by atoms with Gasteiger partial charge in [0.25, 0.3) is 0 Å². The molecule has 0 radical (unpaired) electrons. The first kappa shape index (κ1) is 33.0. The Morgan fingerprint density at radius 2 is 1.62 bits per heavy atom. The number of rotatable bonds is 16. The van der Waals surface area contributed by atoms with Crippen LogP contribution in [-0.4, -0.2) is 41.6 Å². The Balaban J connectivity index is 1.09. The molecule has 5 nitrogen and oxygen atoms in total. The van der Waals surface area contributed by atoms with Crippen LogP contribution in [0.5, 0.6) is 5.75 Å². The minimum absolute atomic E-state index is 0.121. The second kappa shape index (κ2) is 16.2. The molecule has 3 aliphatic heterocycles. The van der Waals surface area contributed by atoms with Crippen molar-refractivity contribution in [2.24, 2.45) is 11.8 Å². The van der Waals surface area contributed by atoms with Crippen molar-refractivity contribution in [2.45, 2.75) is 83.3 Å². The van der Waals surface area contributed by atoms with Crippen molar-refractivity contribution < 1.29 is 14.3 Å². The van der Waals surface area contributed by atoms with E-state index < -0.39 is 0 Å². The fourth-order valence-corrected chi connectivity index (χ4v) is 7.56. The summed E-state index contributed by atoms with van der Waals surface area (Å²) in [6, 6.07) is 26.3. The minimum Gasteiger partial charge on any atom is -0.494 e. The average Bonchev–Trinajstić information content (AvgIpc) is 3.13. The maximum absolute atomic E-state index is 13.8. The number of nitrogens with zero attached hydrogens (tertiary/aromatic N) is 2. The zero-order valence-electron chi connectivity index (χ0n) is 28.0. The van der Waals surface area contributed by atoms with Gasteiger partial charge >= 0.3 is 5.97 Å². The molecule has 5 heteroatoms. The largest absolute Gasteiger partial charge is 0.494 e. The maximum atomic E-state index is 13.8. The van der Waals surface area contributed by atoms with Gasteiger partial charge in [-0.05, 0) is 85.2 Å². The molecule has 4 aromatic rings. The Bertz CT molecular complexity index is 1590. The summed E-state index contributed by atoms with van der Waals surface area (Å²) < 4.78 is 12.5. The molecule has 3 aromatic carbocycles. The molecule has 0 N–H and O–H groups in total. The summed E-state index contributed by atoms with van der Waals surface area (Å²) >= 11 is 0. The summed E-state index contributed by atoms with van der Waals surface area (Å²) in [5, 5.41) is 1.04. The van der Waals surface area contributed by atoms with E-state index in [0.29, 0.717) is 17.4 Å². The van der Waals surface area contributed by atoms with E-state index in [9.17, 15) is 4.79 Å². The van der Waals surface area contributed by atoms with E-state index in [4.69, 9.17) is 9.47 Å². The van der Waals surface area contributed by atoms with Gasteiger partial charge in [0, 0.05) is 23.7 Å². The number of hydrogen-bond donors (Lipinski definition) is 0. The highest BCUT2D eigenvalue weighted by Crippen LogP contribution is 2.43. The van der Waals surface area contributed by atoms with Crippen molar-refractivity contribution in [3.05, 3.63) is 109 Å². The predicted octanol–water partition coefficient (Wildman–Crippen LogP) is 10.2. The Morgan fingerprint density at radius 3 is 2.32 bits per heavy atom. The first-order valence-electron chi connectivity index (χ1n) is 17.9. The number of ether oxygens (including phenoxy) is 2. The summed E-state index contributed by atoms with van der Waals surface area (Å²) in [6.45, 7) is 9.11. The number of unbranched alkanes of at least 4 members (excludes halogenated alkanes) is 7. The SMILES string of the molecule is C=C[C@@H]1CN2CCC1CC2[C@H](OC(=O)c1ccc(-c2ccc(OCCCCCCCCCC)cc2)cc1)c1ccnc2ccccc12. The molecular weight excluding hydrogens is 580 g/mol. The van der Waals surface area contributed by atoms with Crippen LogP contribution in [0.4, 0.5) is 0 Å². The topological polar surface area (TPSA) is 51.7 Å². The van der Waals surface area contributed by atoms with Crippen LogP contribution in [0.15, 0.2) is 97.7 Å².